The van der Waals surface area contributed by atoms with Crippen molar-refractivity contribution in [2.24, 2.45) is 0 Å². The van der Waals surface area contributed by atoms with Crippen molar-refractivity contribution in [3.8, 4) is 0 Å². The number of hydrogen-bond acceptors (Lipinski definition) is 4. The van der Waals surface area contributed by atoms with E-state index in [2.05, 4.69) is 20.2 Å². The zero-order valence-electron chi connectivity index (χ0n) is 10.7. The summed E-state index contributed by atoms with van der Waals surface area (Å²) in [7, 11) is -3.46. The quantitative estimate of drug-likeness (QED) is 0.713. The molecule has 1 aromatic rings. The van der Waals surface area contributed by atoms with Gasteiger partial charge in [0.25, 0.3) is 10.0 Å². The van der Waals surface area contributed by atoms with Crippen LogP contribution in [0.3, 0.4) is 0 Å². The molecule has 0 saturated heterocycles. The molecule has 6 nitrogen and oxygen atoms in total. The normalized spacial score (nSPS) is 17.1. The number of nitrogens with zero attached hydrogens (tertiary/aromatic N) is 1. The third-order valence-corrected chi connectivity index (χ3v) is 4.61. The third kappa shape index (κ3) is 3.09. The largest absolute Gasteiger partial charge is 0.310 e. The maximum Gasteiger partial charge on any atom is 0.258 e. The lowest BCUT2D eigenvalue weighted by molar-refractivity contribution is 0.383. The molecule has 1 aromatic heterocycles. The van der Waals surface area contributed by atoms with E-state index >= 15 is 0 Å². The second kappa shape index (κ2) is 5.38. The van der Waals surface area contributed by atoms with Crippen LogP contribution in [0.2, 0.25) is 0 Å². The van der Waals surface area contributed by atoms with Crippen LogP contribution in [-0.4, -0.2) is 30.7 Å². The molecule has 1 saturated carbocycles. The zero-order valence-corrected chi connectivity index (χ0v) is 11.5. The summed E-state index contributed by atoms with van der Waals surface area (Å²) in [5.74, 6) is 0. The zero-order chi connectivity index (χ0) is 13.2. The Balaban J connectivity index is 2.09. The molecule has 0 atom stereocenters. The van der Waals surface area contributed by atoms with E-state index in [0.717, 1.165) is 19.3 Å². The average Bonchev–Trinajstić information content (AvgIpc) is 2.69. The van der Waals surface area contributed by atoms with E-state index < -0.39 is 10.0 Å². The molecule has 1 fully saturated rings. The van der Waals surface area contributed by atoms with Crippen molar-refractivity contribution in [1.29, 1.82) is 0 Å². The van der Waals surface area contributed by atoms with Crippen LogP contribution in [0, 0.1) is 0 Å². The van der Waals surface area contributed by atoms with Crippen molar-refractivity contribution in [3.05, 3.63) is 11.8 Å². The first-order chi connectivity index (χ1) is 8.49. The van der Waals surface area contributed by atoms with Crippen LogP contribution < -0.4 is 10.0 Å². The summed E-state index contributed by atoms with van der Waals surface area (Å²) in [5.41, 5.74) is 0.676. The van der Waals surface area contributed by atoms with Crippen LogP contribution in [0.1, 0.15) is 38.7 Å². The van der Waals surface area contributed by atoms with Gasteiger partial charge in [-0.2, -0.15) is 5.10 Å². The molecule has 1 aliphatic carbocycles. The van der Waals surface area contributed by atoms with Gasteiger partial charge in [-0.05, 0) is 12.8 Å². The van der Waals surface area contributed by atoms with E-state index in [4.69, 9.17) is 0 Å². The van der Waals surface area contributed by atoms with Crippen LogP contribution in [0.4, 0.5) is 0 Å². The molecular formula is C11H20N4O2S. The highest BCUT2D eigenvalue weighted by atomic mass is 32.2. The van der Waals surface area contributed by atoms with E-state index in [1.807, 2.05) is 13.8 Å². The van der Waals surface area contributed by atoms with Gasteiger partial charge < -0.3 is 5.32 Å². The summed E-state index contributed by atoms with van der Waals surface area (Å²) in [4.78, 5) is 0. The lowest BCUT2D eigenvalue weighted by Crippen LogP contribution is -2.40. The number of H-pyrrole nitrogens is 1. The molecule has 7 heteroatoms. The fourth-order valence-electron chi connectivity index (χ4n) is 1.78. The van der Waals surface area contributed by atoms with Crippen molar-refractivity contribution in [2.45, 2.75) is 56.8 Å². The van der Waals surface area contributed by atoms with Crippen molar-refractivity contribution < 1.29 is 8.42 Å². The summed E-state index contributed by atoms with van der Waals surface area (Å²) >= 11 is 0. The van der Waals surface area contributed by atoms with E-state index in [0.29, 0.717) is 18.2 Å². The van der Waals surface area contributed by atoms with Crippen molar-refractivity contribution in [3.63, 3.8) is 0 Å². The second-order valence-electron chi connectivity index (χ2n) is 5.01. The van der Waals surface area contributed by atoms with Crippen molar-refractivity contribution >= 4 is 10.0 Å². The molecule has 2 rings (SSSR count). The standard InChI is InChI=1S/C11H20N4O2S/c1-8(2)12-6-9-7-13-14-11(9)18(16,17)15-10-4-3-5-10/h7-8,10,12,15H,3-6H2,1-2H3,(H,13,14). The number of rotatable bonds is 6. The molecule has 3 N–H and O–H groups in total. The van der Waals surface area contributed by atoms with Crippen molar-refractivity contribution in [1.82, 2.24) is 20.2 Å². The Morgan fingerprint density at radius 1 is 1.50 bits per heavy atom. The molecule has 0 aliphatic heterocycles. The van der Waals surface area contributed by atoms with Gasteiger partial charge in [-0.25, -0.2) is 13.1 Å². The maximum atomic E-state index is 12.2. The molecule has 1 aliphatic rings. The van der Waals surface area contributed by atoms with E-state index in [1.54, 1.807) is 6.20 Å². The number of aromatic amines is 1. The summed E-state index contributed by atoms with van der Waals surface area (Å²) in [6, 6.07) is 0.388. The Hall–Kier alpha value is -0.920. The van der Waals surface area contributed by atoms with Gasteiger partial charge in [0, 0.05) is 24.2 Å². The topological polar surface area (TPSA) is 86.9 Å². The van der Waals surface area contributed by atoms with Crippen molar-refractivity contribution in [2.75, 3.05) is 0 Å². The van der Waals surface area contributed by atoms with Gasteiger partial charge in [-0.3, -0.25) is 5.10 Å². The minimum absolute atomic E-state index is 0.0872. The highest BCUT2D eigenvalue weighted by Gasteiger charge is 2.27. The molecule has 0 unspecified atom stereocenters. The molecule has 0 amide bonds. The molecule has 0 radical (unpaired) electrons. The van der Waals surface area contributed by atoms with Crippen LogP contribution in [0.25, 0.3) is 0 Å². The first-order valence-corrected chi connectivity index (χ1v) is 7.75. The lowest BCUT2D eigenvalue weighted by atomic mass is 9.94. The average molecular weight is 272 g/mol. The molecular weight excluding hydrogens is 252 g/mol. The number of hydrogen-bond donors (Lipinski definition) is 3. The van der Waals surface area contributed by atoms with Gasteiger partial charge in [0.05, 0.1) is 6.20 Å². The number of aromatic nitrogens is 2. The molecule has 1 heterocycles. The second-order valence-corrected chi connectivity index (χ2v) is 6.66. The molecule has 18 heavy (non-hydrogen) atoms. The van der Waals surface area contributed by atoms with Crippen LogP contribution in [-0.2, 0) is 16.6 Å². The van der Waals surface area contributed by atoms with E-state index in [-0.39, 0.29) is 11.1 Å². The lowest BCUT2D eigenvalue weighted by Gasteiger charge is -2.25. The Bertz CT molecular complexity index is 491. The van der Waals surface area contributed by atoms with Gasteiger partial charge in [-0.15, -0.1) is 0 Å². The Morgan fingerprint density at radius 3 is 2.78 bits per heavy atom. The number of sulfonamides is 1. The Labute approximate surface area is 108 Å². The first-order valence-electron chi connectivity index (χ1n) is 6.27. The molecule has 0 aromatic carbocycles. The number of nitrogens with one attached hydrogen (secondary N) is 3. The maximum absolute atomic E-state index is 12.2. The van der Waals surface area contributed by atoms with Crippen LogP contribution >= 0.6 is 0 Å². The summed E-state index contributed by atoms with van der Waals surface area (Å²) in [5, 5.41) is 9.79. The molecule has 0 bridgehead atoms. The van der Waals surface area contributed by atoms with Crippen LogP contribution in [0.15, 0.2) is 11.2 Å². The third-order valence-electron chi connectivity index (χ3n) is 3.07. The first kappa shape index (κ1) is 13.5. The Kier molecular flexibility index (Phi) is 4.04. The highest BCUT2D eigenvalue weighted by Crippen LogP contribution is 2.21. The SMILES string of the molecule is CC(C)NCc1cn[nH]c1S(=O)(=O)NC1CCC1. The predicted octanol–water partition coefficient (Wildman–Crippen LogP) is 0.739. The van der Waals surface area contributed by atoms with Gasteiger partial charge in [-0.1, -0.05) is 20.3 Å². The fourth-order valence-corrected chi connectivity index (χ4v) is 3.21. The molecule has 102 valence electrons. The van der Waals surface area contributed by atoms with E-state index in [1.165, 1.54) is 0 Å². The smallest absolute Gasteiger partial charge is 0.258 e. The van der Waals surface area contributed by atoms with Crippen LogP contribution in [0.5, 0.6) is 0 Å². The van der Waals surface area contributed by atoms with Gasteiger partial charge >= 0.3 is 0 Å². The summed E-state index contributed by atoms with van der Waals surface area (Å²) < 4.78 is 27.0. The minimum Gasteiger partial charge on any atom is -0.310 e. The van der Waals surface area contributed by atoms with Gasteiger partial charge in [0.1, 0.15) is 0 Å². The Morgan fingerprint density at radius 2 is 2.22 bits per heavy atom. The van der Waals surface area contributed by atoms with Gasteiger partial charge in [0.15, 0.2) is 5.03 Å². The minimum atomic E-state index is -3.46. The monoisotopic (exact) mass is 272 g/mol. The van der Waals surface area contributed by atoms with Gasteiger partial charge in [0.2, 0.25) is 0 Å². The summed E-state index contributed by atoms with van der Waals surface area (Å²) in [6.07, 6.45) is 4.50. The fraction of sp³-hybridized carbons (Fsp3) is 0.727. The summed E-state index contributed by atoms with van der Waals surface area (Å²) in [6.45, 7) is 4.52. The molecule has 0 spiro atoms. The van der Waals surface area contributed by atoms with E-state index in [9.17, 15) is 8.42 Å². The predicted molar refractivity (Wildman–Crippen MR) is 68.5 cm³/mol. The highest BCUT2D eigenvalue weighted by molar-refractivity contribution is 7.89.